The summed E-state index contributed by atoms with van der Waals surface area (Å²) in [6.07, 6.45) is 3.82. The number of aromatic nitrogens is 2. The zero-order chi connectivity index (χ0) is 21.8. The van der Waals surface area contributed by atoms with E-state index >= 15 is 0 Å². The number of rotatable bonds is 7. The minimum atomic E-state index is -0.398. The summed E-state index contributed by atoms with van der Waals surface area (Å²) in [5, 5.41) is 11.5. The van der Waals surface area contributed by atoms with E-state index in [9.17, 15) is 14.0 Å². The molecular weight excluding hydrogens is 441 g/mol. The summed E-state index contributed by atoms with van der Waals surface area (Å²) in [5.74, 6) is -0.748. The third-order valence-corrected chi connectivity index (χ3v) is 6.75. The maximum atomic E-state index is 13.0. The van der Waals surface area contributed by atoms with Gasteiger partial charge < -0.3 is 14.5 Å². The van der Waals surface area contributed by atoms with Gasteiger partial charge in [0.1, 0.15) is 10.8 Å². The molecule has 0 saturated heterocycles. The number of ether oxygens (including phenoxy) is 1. The molecule has 162 valence electrons. The van der Waals surface area contributed by atoms with Gasteiger partial charge in [-0.1, -0.05) is 11.8 Å². The summed E-state index contributed by atoms with van der Waals surface area (Å²) in [6, 6.07) is 5.70. The average molecular weight is 462 g/mol. The van der Waals surface area contributed by atoms with Gasteiger partial charge in [0.25, 0.3) is 5.22 Å². The summed E-state index contributed by atoms with van der Waals surface area (Å²) >= 11 is 2.53. The monoisotopic (exact) mass is 461 g/mol. The molecule has 4 rings (SSSR count). The molecule has 0 fully saturated rings. The quantitative estimate of drug-likeness (QED) is 0.402. The molecule has 0 bridgehead atoms. The SMILES string of the molecule is CCOC(=O)c1c(NC(=O)CSc2nnc(-c3ccc(F)cc3)o2)sc2c1CCCC2. The molecule has 31 heavy (non-hydrogen) atoms. The Balaban J connectivity index is 1.42. The first-order valence-corrected chi connectivity index (χ1v) is 11.7. The zero-order valence-electron chi connectivity index (χ0n) is 16.8. The molecule has 0 unspecified atom stereocenters. The van der Waals surface area contributed by atoms with Gasteiger partial charge in [-0.05, 0) is 62.4 Å². The summed E-state index contributed by atoms with van der Waals surface area (Å²) in [7, 11) is 0. The van der Waals surface area contributed by atoms with Gasteiger partial charge >= 0.3 is 5.97 Å². The molecule has 3 aromatic rings. The largest absolute Gasteiger partial charge is 0.462 e. The Labute approximate surface area is 186 Å². The topological polar surface area (TPSA) is 94.3 Å². The molecule has 0 aliphatic heterocycles. The number of hydrogen-bond acceptors (Lipinski definition) is 8. The molecule has 1 aliphatic rings. The molecular formula is C21H20FN3O4S2. The molecule has 1 aromatic carbocycles. The highest BCUT2D eigenvalue weighted by atomic mass is 32.2. The van der Waals surface area contributed by atoms with Crippen LogP contribution in [0.4, 0.5) is 9.39 Å². The van der Waals surface area contributed by atoms with Crippen molar-refractivity contribution >= 4 is 40.0 Å². The smallest absolute Gasteiger partial charge is 0.341 e. The van der Waals surface area contributed by atoms with Crippen LogP contribution in [0.2, 0.25) is 0 Å². The van der Waals surface area contributed by atoms with Crippen LogP contribution in [0.15, 0.2) is 33.9 Å². The number of halogens is 1. The number of benzene rings is 1. The fraction of sp³-hybridized carbons (Fsp3) is 0.333. The lowest BCUT2D eigenvalue weighted by atomic mass is 9.95. The molecule has 0 spiro atoms. The highest BCUT2D eigenvalue weighted by Crippen LogP contribution is 2.38. The summed E-state index contributed by atoms with van der Waals surface area (Å²) in [5.41, 5.74) is 2.07. The molecule has 7 nitrogen and oxygen atoms in total. The van der Waals surface area contributed by atoms with Crippen molar-refractivity contribution in [1.82, 2.24) is 10.2 Å². The molecule has 1 N–H and O–H groups in total. The van der Waals surface area contributed by atoms with Crippen molar-refractivity contribution in [2.24, 2.45) is 0 Å². The molecule has 1 amide bonds. The van der Waals surface area contributed by atoms with Gasteiger partial charge in [0.15, 0.2) is 0 Å². The normalized spacial score (nSPS) is 13.0. The number of amides is 1. The van der Waals surface area contributed by atoms with Gasteiger partial charge in [-0.25, -0.2) is 9.18 Å². The fourth-order valence-electron chi connectivity index (χ4n) is 3.34. The van der Waals surface area contributed by atoms with E-state index in [1.807, 2.05) is 0 Å². The number of aryl methyl sites for hydroxylation is 1. The highest BCUT2D eigenvalue weighted by molar-refractivity contribution is 7.99. The van der Waals surface area contributed by atoms with Gasteiger partial charge in [-0.3, -0.25) is 4.79 Å². The van der Waals surface area contributed by atoms with E-state index in [2.05, 4.69) is 15.5 Å². The van der Waals surface area contributed by atoms with Crippen molar-refractivity contribution < 1.29 is 23.1 Å². The Bertz CT molecular complexity index is 1090. The van der Waals surface area contributed by atoms with Gasteiger partial charge in [0.2, 0.25) is 11.8 Å². The van der Waals surface area contributed by atoms with E-state index in [1.165, 1.54) is 23.5 Å². The first kappa shape index (κ1) is 21.5. The fourth-order valence-corrected chi connectivity index (χ4v) is 5.20. The second-order valence-electron chi connectivity index (χ2n) is 6.85. The third kappa shape index (κ3) is 4.96. The summed E-state index contributed by atoms with van der Waals surface area (Å²) in [4.78, 5) is 26.2. The van der Waals surface area contributed by atoms with E-state index in [0.717, 1.165) is 47.9 Å². The minimum absolute atomic E-state index is 0.0376. The van der Waals surface area contributed by atoms with Crippen LogP contribution in [-0.2, 0) is 22.4 Å². The molecule has 0 atom stereocenters. The Morgan fingerprint density at radius 1 is 1.23 bits per heavy atom. The van der Waals surface area contributed by atoms with Crippen LogP contribution < -0.4 is 5.32 Å². The lowest BCUT2D eigenvalue weighted by molar-refractivity contribution is -0.113. The number of anilines is 1. The number of carbonyl (C=O) groups is 2. The van der Waals surface area contributed by atoms with Gasteiger partial charge in [0, 0.05) is 10.4 Å². The molecule has 0 saturated carbocycles. The van der Waals surface area contributed by atoms with Gasteiger partial charge in [-0.15, -0.1) is 21.5 Å². The summed E-state index contributed by atoms with van der Waals surface area (Å²) < 4.78 is 23.8. The number of thioether (sulfide) groups is 1. The number of carbonyl (C=O) groups excluding carboxylic acids is 2. The number of esters is 1. The standard InChI is InChI=1S/C21H20FN3O4S2/c1-2-28-20(27)17-14-5-3-4-6-15(14)31-19(17)23-16(26)11-30-21-25-24-18(29-21)12-7-9-13(22)10-8-12/h7-10H,2-6,11H2,1H3,(H,23,26). The van der Waals surface area contributed by atoms with Crippen molar-refractivity contribution in [1.29, 1.82) is 0 Å². The Morgan fingerprint density at radius 3 is 2.77 bits per heavy atom. The first-order valence-electron chi connectivity index (χ1n) is 9.89. The van der Waals surface area contributed by atoms with Crippen LogP contribution >= 0.6 is 23.1 Å². The highest BCUT2D eigenvalue weighted by Gasteiger charge is 2.27. The number of fused-ring (bicyclic) bond motifs is 1. The van der Waals surface area contributed by atoms with E-state index in [1.54, 1.807) is 19.1 Å². The summed E-state index contributed by atoms with van der Waals surface area (Å²) in [6.45, 7) is 2.04. The van der Waals surface area contributed by atoms with Gasteiger partial charge in [0.05, 0.1) is 17.9 Å². The maximum Gasteiger partial charge on any atom is 0.341 e. The lowest BCUT2D eigenvalue weighted by Crippen LogP contribution is -2.17. The maximum absolute atomic E-state index is 13.0. The van der Waals surface area contributed by atoms with Crippen molar-refractivity contribution in [3.8, 4) is 11.5 Å². The predicted octanol–water partition coefficient (Wildman–Crippen LogP) is 4.72. The van der Waals surface area contributed by atoms with Crippen LogP contribution in [0.25, 0.3) is 11.5 Å². The predicted molar refractivity (Wildman–Crippen MR) is 116 cm³/mol. The Hall–Kier alpha value is -2.72. The second-order valence-corrected chi connectivity index (χ2v) is 8.88. The van der Waals surface area contributed by atoms with Crippen molar-refractivity contribution in [3.05, 3.63) is 46.1 Å². The number of nitrogens with one attached hydrogen (secondary N) is 1. The zero-order valence-corrected chi connectivity index (χ0v) is 18.4. The average Bonchev–Trinajstić information content (AvgIpc) is 3.37. The lowest BCUT2D eigenvalue weighted by Gasteiger charge is -2.12. The second kappa shape index (κ2) is 9.61. The number of hydrogen-bond donors (Lipinski definition) is 1. The van der Waals surface area contributed by atoms with Crippen molar-refractivity contribution in [2.75, 3.05) is 17.7 Å². The Morgan fingerprint density at radius 2 is 2.00 bits per heavy atom. The Kier molecular flexibility index (Phi) is 6.67. The minimum Gasteiger partial charge on any atom is -0.462 e. The third-order valence-electron chi connectivity index (χ3n) is 4.73. The van der Waals surface area contributed by atoms with Crippen molar-refractivity contribution in [2.45, 2.75) is 37.8 Å². The first-order chi connectivity index (χ1) is 15.0. The molecule has 2 aromatic heterocycles. The molecule has 0 radical (unpaired) electrons. The van der Waals surface area contributed by atoms with Gasteiger partial charge in [-0.2, -0.15) is 0 Å². The molecule has 10 heteroatoms. The van der Waals surface area contributed by atoms with Crippen LogP contribution in [0.5, 0.6) is 0 Å². The van der Waals surface area contributed by atoms with E-state index in [4.69, 9.17) is 9.15 Å². The van der Waals surface area contributed by atoms with Crippen LogP contribution in [0, 0.1) is 5.82 Å². The number of thiophene rings is 1. The van der Waals surface area contributed by atoms with E-state index in [-0.39, 0.29) is 35.2 Å². The van der Waals surface area contributed by atoms with Crippen LogP contribution in [0.1, 0.15) is 40.6 Å². The number of nitrogens with zero attached hydrogens (tertiary/aromatic N) is 2. The van der Waals surface area contributed by atoms with E-state index in [0.29, 0.717) is 16.1 Å². The van der Waals surface area contributed by atoms with Crippen LogP contribution in [0.3, 0.4) is 0 Å². The van der Waals surface area contributed by atoms with Crippen LogP contribution in [-0.4, -0.2) is 34.4 Å². The van der Waals surface area contributed by atoms with Crippen molar-refractivity contribution in [3.63, 3.8) is 0 Å². The van der Waals surface area contributed by atoms with E-state index < -0.39 is 5.97 Å². The molecule has 2 heterocycles. The molecule has 1 aliphatic carbocycles.